The van der Waals surface area contributed by atoms with Gasteiger partial charge >= 0.3 is 0 Å². The Morgan fingerprint density at radius 1 is 0.917 bits per heavy atom. The van der Waals surface area contributed by atoms with E-state index in [4.69, 9.17) is 9.47 Å². The summed E-state index contributed by atoms with van der Waals surface area (Å²) >= 11 is 0. The van der Waals surface area contributed by atoms with E-state index in [2.05, 4.69) is 0 Å². The van der Waals surface area contributed by atoms with Crippen molar-refractivity contribution in [3.8, 4) is 11.5 Å². The van der Waals surface area contributed by atoms with Crippen LogP contribution in [0.2, 0.25) is 0 Å². The first-order valence-electron chi connectivity index (χ1n) is 7.67. The molecule has 24 heavy (non-hydrogen) atoms. The van der Waals surface area contributed by atoms with Gasteiger partial charge in [0.05, 0.1) is 4.90 Å². The average Bonchev–Trinajstić information content (AvgIpc) is 2.55. The number of nitrogens with zero attached hydrogens (tertiary/aromatic N) is 1. The van der Waals surface area contributed by atoms with Gasteiger partial charge in [-0.1, -0.05) is 12.1 Å². The summed E-state index contributed by atoms with van der Waals surface area (Å²) in [5.74, 6) is 1.46. The molecule has 5 nitrogen and oxygen atoms in total. The summed E-state index contributed by atoms with van der Waals surface area (Å²) in [6, 6.07) is 12.3. The fourth-order valence-corrected chi connectivity index (χ4v) is 3.01. The molecular weight excluding hydrogens is 326 g/mol. The highest BCUT2D eigenvalue weighted by Gasteiger charge is 2.16. The number of rotatable bonds is 7. The van der Waals surface area contributed by atoms with E-state index in [0.717, 1.165) is 11.3 Å². The van der Waals surface area contributed by atoms with Crippen molar-refractivity contribution in [2.75, 3.05) is 27.3 Å². The Bertz CT molecular complexity index is 783. The molecule has 0 unspecified atom stereocenters. The van der Waals surface area contributed by atoms with E-state index in [1.165, 1.54) is 36.1 Å². The van der Waals surface area contributed by atoms with Crippen LogP contribution in [0.1, 0.15) is 11.1 Å². The normalized spacial score (nSPS) is 11.5. The molecule has 6 heteroatoms. The van der Waals surface area contributed by atoms with Crippen molar-refractivity contribution < 1.29 is 17.9 Å². The summed E-state index contributed by atoms with van der Waals surface area (Å²) in [6.45, 7) is 4.87. The van der Waals surface area contributed by atoms with Crippen LogP contribution in [-0.2, 0) is 10.0 Å². The molecule has 0 radical (unpaired) electrons. The van der Waals surface area contributed by atoms with Gasteiger partial charge in [0, 0.05) is 14.1 Å². The average molecular weight is 349 g/mol. The molecule has 0 atom stereocenters. The molecule has 0 aliphatic rings. The Kier molecular flexibility index (Phi) is 5.85. The molecule has 0 amide bonds. The van der Waals surface area contributed by atoms with E-state index < -0.39 is 10.0 Å². The Morgan fingerprint density at radius 2 is 1.54 bits per heavy atom. The SMILES string of the molecule is Cc1cccc(OCCOc2ccc(S(=O)(=O)N(C)C)cc2)c1C. The van der Waals surface area contributed by atoms with Crippen LogP contribution in [0.4, 0.5) is 0 Å². The molecule has 0 aliphatic carbocycles. The summed E-state index contributed by atoms with van der Waals surface area (Å²) in [4.78, 5) is 0.242. The predicted octanol–water partition coefficient (Wildman–Crippen LogP) is 3.01. The van der Waals surface area contributed by atoms with Crippen molar-refractivity contribution in [3.05, 3.63) is 53.6 Å². The Balaban J connectivity index is 1.88. The molecule has 2 aromatic carbocycles. The number of ether oxygens (including phenoxy) is 2. The zero-order chi connectivity index (χ0) is 17.7. The van der Waals surface area contributed by atoms with Crippen molar-refractivity contribution in [1.29, 1.82) is 0 Å². The smallest absolute Gasteiger partial charge is 0.242 e. The first kappa shape index (κ1) is 18.3. The second-order valence-corrected chi connectivity index (χ2v) is 7.81. The maximum Gasteiger partial charge on any atom is 0.242 e. The molecule has 0 aliphatic heterocycles. The van der Waals surface area contributed by atoms with Crippen molar-refractivity contribution in [3.63, 3.8) is 0 Å². The fourth-order valence-electron chi connectivity index (χ4n) is 2.11. The second-order valence-electron chi connectivity index (χ2n) is 5.65. The van der Waals surface area contributed by atoms with Crippen LogP contribution in [0, 0.1) is 13.8 Å². The van der Waals surface area contributed by atoms with E-state index in [-0.39, 0.29) is 4.90 Å². The summed E-state index contributed by atoms with van der Waals surface area (Å²) in [6.07, 6.45) is 0. The minimum atomic E-state index is -3.41. The summed E-state index contributed by atoms with van der Waals surface area (Å²) < 4.78 is 36.5. The van der Waals surface area contributed by atoms with Gasteiger partial charge in [0.15, 0.2) is 0 Å². The third-order valence-electron chi connectivity index (χ3n) is 3.77. The topological polar surface area (TPSA) is 55.8 Å². The lowest BCUT2D eigenvalue weighted by Crippen LogP contribution is -2.22. The minimum Gasteiger partial charge on any atom is -0.490 e. The van der Waals surface area contributed by atoms with Gasteiger partial charge in [-0.25, -0.2) is 12.7 Å². The number of sulfonamides is 1. The van der Waals surface area contributed by atoms with Crippen LogP contribution >= 0.6 is 0 Å². The zero-order valence-electron chi connectivity index (χ0n) is 14.4. The van der Waals surface area contributed by atoms with Crippen LogP contribution in [0.25, 0.3) is 0 Å². The molecule has 2 aromatic rings. The summed E-state index contributed by atoms with van der Waals surface area (Å²) in [7, 11) is -0.402. The number of hydrogen-bond acceptors (Lipinski definition) is 4. The van der Waals surface area contributed by atoms with Crippen LogP contribution in [-0.4, -0.2) is 40.0 Å². The quantitative estimate of drug-likeness (QED) is 0.721. The van der Waals surface area contributed by atoms with Gasteiger partial charge < -0.3 is 9.47 Å². The molecule has 0 N–H and O–H groups in total. The third-order valence-corrected chi connectivity index (χ3v) is 5.60. The molecule has 130 valence electrons. The van der Waals surface area contributed by atoms with E-state index >= 15 is 0 Å². The monoisotopic (exact) mass is 349 g/mol. The van der Waals surface area contributed by atoms with E-state index in [1.54, 1.807) is 12.1 Å². The highest BCUT2D eigenvalue weighted by Crippen LogP contribution is 2.21. The lowest BCUT2D eigenvalue weighted by atomic mass is 10.1. The molecule has 0 aromatic heterocycles. The zero-order valence-corrected chi connectivity index (χ0v) is 15.3. The first-order valence-corrected chi connectivity index (χ1v) is 9.11. The Labute approximate surface area is 143 Å². The molecule has 0 saturated carbocycles. The maximum absolute atomic E-state index is 12.0. The fraction of sp³-hybridized carbons (Fsp3) is 0.333. The van der Waals surface area contributed by atoms with Gasteiger partial charge in [-0.2, -0.15) is 0 Å². The molecule has 0 saturated heterocycles. The highest BCUT2D eigenvalue weighted by atomic mass is 32.2. The number of benzene rings is 2. The predicted molar refractivity (Wildman–Crippen MR) is 94.2 cm³/mol. The Hall–Kier alpha value is -2.05. The molecule has 0 spiro atoms. The molecule has 0 heterocycles. The first-order chi connectivity index (χ1) is 11.3. The van der Waals surface area contributed by atoms with E-state index in [0.29, 0.717) is 19.0 Å². The lowest BCUT2D eigenvalue weighted by molar-refractivity contribution is 0.216. The standard InChI is InChI=1S/C18H23NO4S/c1-14-6-5-7-18(15(14)2)23-13-12-22-16-8-10-17(11-9-16)24(20,21)19(3)4/h5-11H,12-13H2,1-4H3. The van der Waals surface area contributed by atoms with Gasteiger partial charge in [0.2, 0.25) is 10.0 Å². The van der Waals surface area contributed by atoms with E-state index in [1.807, 2.05) is 32.0 Å². The largest absolute Gasteiger partial charge is 0.490 e. The summed E-state index contributed by atoms with van der Waals surface area (Å²) in [5.41, 5.74) is 2.31. The summed E-state index contributed by atoms with van der Waals surface area (Å²) in [5, 5.41) is 0. The van der Waals surface area contributed by atoms with E-state index in [9.17, 15) is 8.42 Å². The van der Waals surface area contributed by atoms with Gasteiger partial charge in [0.25, 0.3) is 0 Å². The van der Waals surface area contributed by atoms with Gasteiger partial charge in [-0.3, -0.25) is 0 Å². The number of hydrogen-bond donors (Lipinski definition) is 0. The highest BCUT2D eigenvalue weighted by molar-refractivity contribution is 7.89. The van der Waals surface area contributed by atoms with Crippen molar-refractivity contribution in [2.45, 2.75) is 18.7 Å². The van der Waals surface area contributed by atoms with Crippen LogP contribution in [0.5, 0.6) is 11.5 Å². The van der Waals surface area contributed by atoms with Gasteiger partial charge in [-0.05, 0) is 55.3 Å². The number of aryl methyl sites for hydroxylation is 1. The molecule has 0 bridgehead atoms. The molecule has 0 fully saturated rings. The van der Waals surface area contributed by atoms with Crippen LogP contribution in [0.15, 0.2) is 47.4 Å². The van der Waals surface area contributed by atoms with Crippen LogP contribution < -0.4 is 9.47 Å². The van der Waals surface area contributed by atoms with Crippen molar-refractivity contribution >= 4 is 10.0 Å². The lowest BCUT2D eigenvalue weighted by Gasteiger charge is -2.13. The molecule has 2 rings (SSSR count). The van der Waals surface area contributed by atoms with Gasteiger partial charge in [0.1, 0.15) is 24.7 Å². The van der Waals surface area contributed by atoms with Crippen molar-refractivity contribution in [2.24, 2.45) is 0 Å². The minimum absolute atomic E-state index is 0.242. The maximum atomic E-state index is 12.0. The second kappa shape index (κ2) is 7.68. The van der Waals surface area contributed by atoms with Crippen molar-refractivity contribution in [1.82, 2.24) is 4.31 Å². The Morgan fingerprint density at radius 3 is 2.17 bits per heavy atom. The van der Waals surface area contributed by atoms with Gasteiger partial charge in [-0.15, -0.1) is 0 Å². The third kappa shape index (κ3) is 4.27. The van der Waals surface area contributed by atoms with Crippen LogP contribution in [0.3, 0.4) is 0 Å². The molecular formula is C18H23NO4S.